The zero-order valence-electron chi connectivity index (χ0n) is 19.4. The second kappa shape index (κ2) is 10.7. The second-order valence-electron chi connectivity index (χ2n) is 8.79. The van der Waals surface area contributed by atoms with E-state index >= 15 is 4.39 Å². The highest BCUT2D eigenvalue weighted by Crippen LogP contribution is 2.34. The van der Waals surface area contributed by atoms with Gasteiger partial charge in [-0.2, -0.15) is 0 Å². The molecule has 7 nitrogen and oxygen atoms in total. The maximum atomic E-state index is 15.6. The molecular weight excluding hydrogens is 465 g/mol. The Bertz CT molecular complexity index is 1170. The van der Waals surface area contributed by atoms with Crippen LogP contribution in [0.2, 0.25) is 0 Å². The summed E-state index contributed by atoms with van der Waals surface area (Å²) in [6, 6.07) is 23.4. The van der Waals surface area contributed by atoms with Crippen molar-refractivity contribution >= 4 is 11.8 Å². The maximum Gasteiger partial charge on any atom is 0.262 e. The van der Waals surface area contributed by atoms with Crippen molar-refractivity contribution in [2.75, 3.05) is 6.61 Å². The summed E-state index contributed by atoms with van der Waals surface area (Å²) >= 11 is 0. The Morgan fingerprint density at radius 2 is 1.33 bits per heavy atom. The van der Waals surface area contributed by atoms with Gasteiger partial charge in [-0.15, -0.1) is 0 Å². The van der Waals surface area contributed by atoms with Crippen molar-refractivity contribution in [3.05, 3.63) is 107 Å². The van der Waals surface area contributed by atoms with Crippen LogP contribution in [0, 0.1) is 0 Å². The topological polar surface area (TPSA) is 85.3 Å². The minimum absolute atomic E-state index is 0.0482. The summed E-state index contributed by atoms with van der Waals surface area (Å²) in [7, 11) is 0. The third kappa shape index (κ3) is 4.81. The molecule has 2 amide bonds. The van der Waals surface area contributed by atoms with Gasteiger partial charge in [-0.1, -0.05) is 72.8 Å². The van der Waals surface area contributed by atoms with Crippen molar-refractivity contribution < 1.29 is 33.3 Å². The first-order chi connectivity index (χ1) is 17.5. The van der Waals surface area contributed by atoms with E-state index in [1.165, 1.54) is 12.1 Å². The van der Waals surface area contributed by atoms with Crippen LogP contribution in [0.1, 0.15) is 31.8 Å². The second-order valence-corrected chi connectivity index (χ2v) is 8.79. The van der Waals surface area contributed by atoms with E-state index in [1.807, 2.05) is 60.7 Å². The lowest BCUT2D eigenvalue weighted by atomic mass is 9.95. The molecule has 0 spiro atoms. The van der Waals surface area contributed by atoms with Crippen molar-refractivity contribution in [3.63, 3.8) is 0 Å². The number of carbonyl (C=O) groups excluding carboxylic acids is 2. The normalized spacial score (nSPS) is 25.7. The summed E-state index contributed by atoms with van der Waals surface area (Å²) in [4.78, 5) is 27.0. The molecule has 1 N–H and O–H groups in total. The van der Waals surface area contributed by atoms with Gasteiger partial charge in [0.05, 0.1) is 30.9 Å². The van der Waals surface area contributed by atoms with Gasteiger partial charge in [-0.05, 0) is 23.3 Å². The van der Waals surface area contributed by atoms with E-state index < -0.39 is 42.5 Å². The smallest absolute Gasteiger partial charge is 0.262 e. The number of nitrogens with zero attached hydrogens (tertiary/aromatic N) is 1. The number of rotatable bonds is 8. The predicted molar refractivity (Wildman–Crippen MR) is 128 cm³/mol. The number of fused-ring (bicyclic) bond motifs is 1. The zero-order valence-corrected chi connectivity index (χ0v) is 19.4. The highest BCUT2D eigenvalue weighted by molar-refractivity contribution is 6.21. The molecule has 2 aliphatic heterocycles. The molecule has 3 aromatic rings. The first-order valence-corrected chi connectivity index (χ1v) is 11.8. The van der Waals surface area contributed by atoms with E-state index in [9.17, 15) is 14.7 Å². The Balaban J connectivity index is 1.37. The minimum Gasteiger partial charge on any atom is -0.388 e. The van der Waals surface area contributed by atoms with Crippen LogP contribution in [0.5, 0.6) is 0 Å². The Labute approximate surface area is 208 Å². The van der Waals surface area contributed by atoms with Crippen LogP contribution in [-0.2, 0) is 27.4 Å². The lowest BCUT2D eigenvalue weighted by Gasteiger charge is -2.44. The van der Waals surface area contributed by atoms with Crippen LogP contribution in [0.25, 0.3) is 0 Å². The van der Waals surface area contributed by atoms with Gasteiger partial charge in [0.2, 0.25) is 6.36 Å². The maximum absolute atomic E-state index is 15.6. The molecule has 1 saturated heterocycles. The average molecular weight is 492 g/mol. The molecule has 0 saturated carbocycles. The Kier molecular flexibility index (Phi) is 7.20. The molecule has 2 aliphatic rings. The van der Waals surface area contributed by atoms with Crippen LogP contribution in [0.15, 0.2) is 84.9 Å². The van der Waals surface area contributed by atoms with Gasteiger partial charge in [-0.3, -0.25) is 14.5 Å². The van der Waals surface area contributed by atoms with E-state index in [-0.39, 0.29) is 30.9 Å². The molecule has 0 aliphatic carbocycles. The monoisotopic (exact) mass is 491 g/mol. The van der Waals surface area contributed by atoms with Crippen molar-refractivity contribution in [2.24, 2.45) is 0 Å². The van der Waals surface area contributed by atoms with Crippen LogP contribution in [0.3, 0.4) is 0 Å². The van der Waals surface area contributed by atoms with Gasteiger partial charge in [0.1, 0.15) is 24.4 Å². The van der Waals surface area contributed by atoms with Gasteiger partial charge in [0, 0.05) is 0 Å². The fraction of sp³-hybridized carbons (Fsp3) is 0.286. The zero-order chi connectivity index (χ0) is 25.1. The number of benzene rings is 3. The van der Waals surface area contributed by atoms with Crippen LogP contribution in [-0.4, -0.2) is 59.1 Å². The number of hydrogen-bond donors (Lipinski definition) is 1. The fourth-order valence-corrected chi connectivity index (χ4v) is 4.60. The molecule has 0 aromatic heterocycles. The highest BCUT2D eigenvalue weighted by Gasteiger charge is 2.54. The van der Waals surface area contributed by atoms with E-state index in [2.05, 4.69) is 0 Å². The van der Waals surface area contributed by atoms with Gasteiger partial charge in [0.15, 0.2) is 0 Å². The summed E-state index contributed by atoms with van der Waals surface area (Å²) < 4.78 is 32.8. The number of alkyl halides is 1. The number of carbonyl (C=O) groups is 2. The van der Waals surface area contributed by atoms with Crippen LogP contribution >= 0.6 is 0 Å². The molecule has 1 fully saturated rings. The number of aliphatic hydroxyl groups excluding tert-OH is 1. The number of aliphatic hydroxyl groups is 1. The lowest BCUT2D eigenvalue weighted by Crippen LogP contribution is -2.65. The van der Waals surface area contributed by atoms with Crippen molar-refractivity contribution in [1.29, 1.82) is 0 Å². The fourth-order valence-electron chi connectivity index (χ4n) is 4.60. The molecule has 5 atom stereocenters. The molecule has 36 heavy (non-hydrogen) atoms. The number of amides is 2. The van der Waals surface area contributed by atoms with E-state index in [0.717, 1.165) is 16.0 Å². The van der Waals surface area contributed by atoms with E-state index in [0.29, 0.717) is 0 Å². The molecule has 5 unspecified atom stereocenters. The lowest BCUT2D eigenvalue weighted by molar-refractivity contribution is -0.254. The number of ether oxygens (including phenoxy) is 3. The highest BCUT2D eigenvalue weighted by atomic mass is 19.1. The molecule has 0 radical (unpaired) electrons. The third-order valence-corrected chi connectivity index (χ3v) is 6.43. The first-order valence-electron chi connectivity index (χ1n) is 11.8. The van der Waals surface area contributed by atoms with Gasteiger partial charge < -0.3 is 19.3 Å². The number of hydrogen-bond acceptors (Lipinski definition) is 6. The first kappa shape index (κ1) is 24.3. The van der Waals surface area contributed by atoms with Gasteiger partial charge >= 0.3 is 0 Å². The Morgan fingerprint density at radius 1 is 0.806 bits per heavy atom. The minimum atomic E-state index is -2.08. The van der Waals surface area contributed by atoms with E-state index in [1.54, 1.807) is 12.1 Å². The van der Waals surface area contributed by atoms with E-state index in [4.69, 9.17) is 14.2 Å². The average Bonchev–Trinajstić information content (AvgIpc) is 3.16. The number of imide groups is 1. The van der Waals surface area contributed by atoms with Gasteiger partial charge in [0.25, 0.3) is 11.8 Å². The Hall–Kier alpha value is -3.43. The molecule has 2 heterocycles. The summed E-state index contributed by atoms with van der Waals surface area (Å²) in [5, 5.41) is 11.2. The molecule has 8 heteroatoms. The van der Waals surface area contributed by atoms with Crippen molar-refractivity contribution in [3.8, 4) is 0 Å². The Morgan fingerprint density at radius 3 is 1.92 bits per heavy atom. The molecule has 186 valence electrons. The van der Waals surface area contributed by atoms with Crippen LogP contribution < -0.4 is 0 Å². The van der Waals surface area contributed by atoms with Crippen molar-refractivity contribution in [2.45, 2.75) is 43.9 Å². The molecule has 0 bridgehead atoms. The molecule has 3 aromatic carbocycles. The summed E-state index contributed by atoms with van der Waals surface area (Å²) in [5.74, 6) is -1.29. The quantitative estimate of drug-likeness (QED) is 0.486. The van der Waals surface area contributed by atoms with Gasteiger partial charge in [-0.25, -0.2) is 4.39 Å². The standard InChI is InChI=1S/C28H26FNO6/c29-26-23(30-27(32)20-13-7-8-14-21(20)28(30)33)25(35-16-19-11-5-2-6-12-19)24(31)22(36-26)17-34-15-18-9-3-1-4-10-18/h1-14,22-26,31H,15-17H2. The summed E-state index contributed by atoms with van der Waals surface area (Å²) in [6.07, 6.45) is -5.73. The molecule has 5 rings (SSSR count). The van der Waals surface area contributed by atoms with Crippen molar-refractivity contribution in [1.82, 2.24) is 4.90 Å². The number of halogens is 1. The summed E-state index contributed by atoms with van der Waals surface area (Å²) in [6.45, 7) is 0.199. The van der Waals surface area contributed by atoms with Crippen LogP contribution in [0.4, 0.5) is 4.39 Å². The SMILES string of the molecule is O=C1c2ccccc2C(=O)N1C1C(F)OC(COCc2ccccc2)C(O)C1OCc1ccccc1. The third-order valence-electron chi connectivity index (χ3n) is 6.43. The largest absolute Gasteiger partial charge is 0.388 e. The predicted octanol–water partition coefficient (Wildman–Crippen LogP) is 3.51. The summed E-state index contributed by atoms with van der Waals surface area (Å²) in [5.41, 5.74) is 2.07. The molecular formula is C28H26FNO6.